The molecule has 1 N–H and O–H groups in total. The lowest BCUT2D eigenvalue weighted by Gasteiger charge is -2.20. The first-order valence-corrected chi connectivity index (χ1v) is 7.80. The number of anilines is 1. The van der Waals surface area contributed by atoms with E-state index in [0.29, 0.717) is 42.0 Å². The number of nitrogens with one attached hydrogen (secondary N) is 1. The van der Waals surface area contributed by atoms with E-state index in [2.05, 4.69) is 5.32 Å². The molecule has 1 aromatic carbocycles. The molecular weight excluding hydrogens is 316 g/mol. The average molecular weight is 329 g/mol. The zero-order chi connectivity index (χ0) is 14.8. The number of ether oxygens (including phenoxy) is 2. The van der Waals surface area contributed by atoms with Gasteiger partial charge in [0.05, 0.1) is 10.7 Å². The van der Waals surface area contributed by atoms with Crippen molar-refractivity contribution in [2.24, 2.45) is 0 Å². The van der Waals surface area contributed by atoms with Crippen molar-refractivity contribution in [1.82, 2.24) is 4.90 Å². The zero-order valence-electron chi connectivity index (χ0n) is 11.1. The van der Waals surface area contributed by atoms with Crippen LogP contribution < -0.4 is 14.8 Å². The normalized spacial score (nSPS) is 17.0. The third-order valence-corrected chi connectivity index (χ3v) is 4.29. The highest BCUT2D eigenvalue weighted by Gasteiger charge is 2.24. The van der Waals surface area contributed by atoms with Crippen LogP contribution in [-0.2, 0) is 4.79 Å². The van der Waals surface area contributed by atoms with Crippen LogP contribution in [0.4, 0.5) is 10.5 Å². The lowest BCUT2D eigenvalue weighted by atomic mass is 10.2. The number of hydrogen-bond acceptors (Lipinski definition) is 5. The van der Waals surface area contributed by atoms with E-state index >= 15 is 0 Å². The summed E-state index contributed by atoms with van der Waals surface area (Å²) in [6, 6.07) is 3.25. The van der Waals surface area contributed by atoms with E-state index < -0.39 is 0 Å². The Hall–Kier alpha value is -1.60. The van der Waals surface area contributed by atoms with Crippen LogP contribution in [0.2, 0.25) is 5.02 Å². The number of carbonyl (C=O) groups is 2. The van der Waals surface area contributed by atoms with Gasteiger partial charge in [-0.25, -0.2) is 0 Å². The Morgan fingerprint density at radius 3 is 2.71 bits per heavy atom. The van der Waals surface area contributed by atoms with Crippen LogP contribution in [0.3, 0.4) is 0 Å². The summed E-state index contributed by atoms with van der Waals surface area (Å²) in [7, 11) is 0. The van der Waals surface area contributed by atoms with Gasteiger partial charge >= 0.3 is 0 Å². The summed E-state index contributed by atoms with van der Waals surface area (Å²) >= 11 is 7.34. The second-order valence-electron chi connectivity index (χ2n) is 4.56. The SMILES string of the molecule is O=C(CN1CCSC1=O)Nc1cc2c(cc1Cl)OCCO2. The Balaban J connectivity index is 1.69. The van der Waals surface area contributed by atoms with Gasteiger partial charge in [0.15, 0.2) is 11.5 Å². The lowest BCUT2D eigenvalue weighted by Crippen LogP contribution is -2.33. The van der Waals surface area contributed by atoms with Gasteiger partial charge in [-0.2, -0.15) is 0 Å². The molecule has 2 aliphatic rings. The van der Waals surface area contributed by atoms with Crippen LogP contribution in [0, 0.1) is 0 Å². The quantitative estimate of drug-likeness (QED) is 0.921. The number of rotatable bonds is 3. The number of benzene rings is 1. The summed E-state index contributed by atoms with van der Waals surface area (Å²) in [5.41, 5.74) is 0.449. The van der Waals surface area contributed by atoms with Crippen LogP contribution >= 0.6 is 23.4 Å². The third kappa shape index (κ3) is 3.19. The summed E-state index contributed by atoms with van der Waals surface area (Å²) < 4.78 is 10.9. The van der Waals surface area contributed by atoms with Crippen LogP contribution in [0.5, 0.6) is 11.5 Å². The molecule has 0 saturated carbocycles. The molecule has 0 unspecified atom stereocenters. The standard InChI is InChI=1S/C13H13ClN2O4S/c14-8-5-10-11(20-3-2-19-10)6-9(8)15-12(17)7-16-1-4-21-13(16)18/h5-6H,1-4,7H2,(H,15,17). The van der Waals surface area contributed by atoms with Gasteiger partial charge in [0.1, 0.15) is 19.8 Å². The van der Waals surface area contributed by atoms with Crippen LogP contribution in [-0.4, -0.2) is 48.1 Å². The molecule has 0 spiro atoms. The molecular formula is C13H13ClN2O4S. The number of nitrogens with zero attached hydrogens (tertiary/aromatic N) is 1. The first kappa shape index (κ1) is 14.3. The second-order valence-corrected chi connectivity index (χ2v) is 6.01. The highest BCUT2D eigenvalue weighted by atomic mass is 35.5. The van der Waals surface area contributed by atoms with E-state index in [1.54, 1.807) is 12.1 Å². The van der Waals surface area contributed by atoms with E-state index in [-0.39, 0.29) is 17.7 Å². The van der Waals surface area contributed by atoms with Gasteiger partial charge in [0, 0.05) is 24.4 Å². The lowest BCUT2D eigenvalue weighted by molar-refractivity contribution is -0.116. The number of carbonyl (C=O) groups excluding carboxylic acids is 2. The van der Waals surface area contributed by atoms with Crippen molar-refractivity contribution in [3.8, 4) is 11.5 Å². The summed E-state index contributed by atoms with van der Waals surface area (Å²) in [5.74, 6) is 1.55. The minimum absolute atomic E-state index is 0.0244. The van der Waals surface area contributed by atoms with Crippen molar-refractivity contribution in [3.63, 3.8) is 0 Å². The Bertz CT molecular complexity index is 596. The molecule has 0 aliphatic carbocycles. The molecule has 0 aromatic heterocycles. The second kappa shape index (κ2) is 6.03. The molecule has 112 valence electrons. The maximum absolute atomic E-state index is 12.0. The van der Waals surface area contributed by atoms with E-state index in [0.717, 1.165) is 5.75 Å². The van der Waals surface area contributed by atoms with Gasteiger partial charge in [-0.15, -0.1) is 0 Å². The monoisotopic (exact) mass is 328 g/mol. The summed E-state index contributed by atoms with van der Waals surface area (Å²) in [5, 5.41) is 3.00. The van der Waals surface area contributed by atoms with Crippen LogP contribution in [0.25, 0.3) is 0 Å². The molecule has 6 nitrogen and oxygen atoms in total. The number of fused-ring (bicyclic) bond motifs is 1. The van der Waals surface area contributed by atoms with Gasteiger partial charge in [0.25, 0.3) is 5.24 Å². The molecule has 1 aromatic rings. The van der Waals surface area contributed by atoms with Crippen LogP contribution in [0.15, 0.2) is 12.1 Å². The third-order valence-electron chi connectivity index (χ3n) is 3.09. The molecule has 2 heterocycles. The first-order valence-electron chi connectivity index (χ1n) is 6.44. The van der Waals surface area contributed by atoms with Crippen molar-refractivity contribution in [1.29, 1.82) is 0 Å². The first-order chi connectivity index (χ1) is 10.1. The predicted molar refractivity (Wildman–Crippen MR) is 80.5 cm³/mol. The van der Waals surface area contributed by atoms with Crippen molar-refractivity contribution in [2.75, 3.05) is 37.4 Å². The van der Waals surface area contributed by atoms with Gasteiger partial charge in [-0.3, -0.25) is 9.59 Å². The average Bonchev–Trinajstić information content (AvgIpc) is 2.85. The summed E-state index contributed by atoms with van der Waals surface area (Å²) in [6.45, 7) is 1.55. The largest absolute Gasteiger partial charge is 0.486 e. The van der Waals surface area contributed by atoms with E-state index in [1.807, 2.05) is 0 Å². The molecule has 0 radical (unpaired) electrons. The molecule has 0 bridgehead atoms. The fourth-order valence-electron chi connectivity index (χ4n) is 2.09. The predicted octanol–water partition coefficient (Wildman–Crippen LogP) is 2.22. The molecule has 1 saturated heterocycles. The Morgan fingerprint density at radius 2 is 2.05 bits per heavy atom. The maximum atomic E-state index is 12.0. The number of halogens is 1. The van der Waals surface area contributed by atoms with Crippen molar-refractivity contribution < 1.29 is 19.1 Å². The summed E-state index contributed by atoms with van der Waals surface area (Å²) in [6.07, 6.45) is 0. The zero-order valence-corrected chi connectivity index (χ0v) is 12.6. The summed E-state index contributed by atoms with van der Waals surface area (Å²) in [4.78, 5) is 25.0. The smallest absolute Gasteiger partial charge is 0.282 e. The highest BCUT2D eigenvalue weighted by molar-refractivity contribution is 8.13. The molecule has 8 heteroatoms. The highest BCUT2D eigenvalue weighted by Crippen LogP contribution is 2.37. The topological polar surface area (TPSA) is 67.9 Å². The van der Waals surface area contributed by atoms with Crippen molar-refractivity contribution >= 4 is 40.2 Å². The van der Waals surface area contributed by atoms with Crippen molar-refractivity contribution in [3.05, 3.63) is 17.2 Å². The Morgan fingerprint density at radius 1 is 1.33 bits per heavy atom. The number of thioether (sulfide) groups is 1. The molecule has 0 atom stereocenters. The minimum atomic E-state index is -0.288. The maximum Gasteiger partial charge on any atom is 0.282 e. The van der Waals surface area contributed by atoms with Crippen LogP contribution in [0.1, 0.15) is 0 Å². The fraction of sp³-hybridized carbons (Fsp3) is 0.385. The number of amides is 2. The molecule has 2 amide bonds. The van der Waals surface area contributed by atoms with E-state index in [1.165, 1.54) is 16.7 Å². The minimum Gasteiger partial charge on any atom is -0.486 e. The fourth-order valence-corrected chi connectivity index (χ4v) is 3.12. The van der Waals surface area contributed by atoms with Gasteiger partial charge < -0.3 is 19.7 Å². The van der Waals surface area contributed by atoms with Crippen molar-refractivity contribution in [2.45, 2.75) is 0 Å². The molecule has 2 aliphatic heterocycles. The molecule has 21 heavy (non-hydrogen) atoms. The van der Waals surface area contributed by atoms with Gasteiger partial charge in [-0.05, 0) is 0 Å². The van der Waals surface area contributed by atoms with Gasteiger partial charge in [0.2, 0.25) is 5.91 Å². The Kier molecular flexibility index (Phi) is 4.12. The Labute approximate surface area is 130 Å². The number of hydrogen-bond donors (Lipinski definition) is 1. The molecule has 1 fully saturated rings. The van der Waals surface area contributed by atoms with Gasteiger partial charge in [-0.1, -0.05) is 23.4 Å². The van der Waals surface area contributed by atoms with E-state index in [4.69, 9.17) is 21.1 Å². The molecule has 3 rings (SSSR count). The van der Waals surface area contributed by atoms with E-state index in [9.17, 15) is 9.59 Å².